The number of rotatable bonds is 6. The smallest absolute Gasteiger partial charge is 0.143 e. The summed E-state index contributed by atoms with van der Waals surface area (Å²) in [6.07, 6.45) is 4.48. The van der Waals surface area contributed by atoms with Crippen LogP contribution in [0, 0.1) is 13.8 Å². The van der Waals surface area contributed by atoms with Gasteiger partial charge in [0.05, 0.1) is 0 Å². The van der Waals surface area contributed by atoms with E-state index >= 15 is 0 Å². The molecule has 54 heavy (non-hydrogen) atoms. The topological polar surface area (TPSA) is 16.4 Å². The summed E-state index contributed by atoms with van der Waals surface area (Å²) >= 11 is 0. The van der Waals surface area contributed by atoms with E-state index in [1.54, 1.807) is 0 Å². The molecule has 0 unspecified atom stereocenters. The summed E-state index contributed by atoms with van der Waals surface area (Å²) in [5.74, 6) is 0. The molecule has 1 aromatic heterocycles. The molecule has 8 aromatic carbocycles. The molecule has 1 heterocycles. The third kappa shape index (κ3) is 5.68. The summed E-state index contributed by atoms with van der Waals surface area (Å²) in [6.45, 7) is 4.30. The highest BCUT2D eigenvalue weighted by molar-refractivity contribution is 6.10. The van der Waals surface area contributed by atoms with E-state index in [1.807, 2.05) is 0 Å². The number of anilines is 3. The van der Waals surface area contributed by atoms with E-state index in [9.17, 15) is 0 Å². The summed E-state index contributed by atoms with van der Waals surface area (Å²) in [7, 11) is 0. The maximum atomic E-state index is 6.50. The SMILES string of the molecule is Cc1ccc2oc3c(-c4ccc(N(c5ccc(C6=c7ccccc7=CCC6)cc5)c5ccc(-c6ccc7ccccc7c6)cc5)cc4)cc(C)cc3c2c1. The van der Waals surface area contributed by atoms with Crippen LogP contribution in [0.5, 0.6) is 0 Å². The normalized spacial score (nSPS) is 12.6. The molecule has 0 aliphatic heterocycles. The largest absolute Gasteiger partial charge is 0.455 e. The first-order chi connectivity index (χ1) is 26.6. The first-order valence-electron chi connectivity index (χ1n) is 18.9. The lowest BCUT2D eigenvalue weighted by molar-refractivity contribution is 0.670. The van der Waals surface area contributed by atoms with Crippen LogP contribution in [-0.4, -0.2) is 0 Å². The van der Waals surface area contributed by atoms with Crippen molar-refractivity contribution in [1.29, 1.82) is 0 Å². The fourth-order valence-electron chi connectivity index (χ4n) is 8.33. The second-order valence-electron chi connectivity index (χ2n) is 14.6. The van der Waals surface area contributed by atoms with Crippen molar-refractivity contribution >= 4 is 61.4 Å². The van der Waals surface area contributed by atoms with Gasteiger partial charge in [0.15, 0.2) is 0 Å². The Bertz CT molecular complexity index is 2990. The predicted molar refractivity (Wildman–Crippen MR) is 228 cm³/mol. The number of benzene rings is 8. The molecule has 2 nitrogen and oxygen atoms in total. The minimum atomic E-state index is 0.925. The molecular weight excluding hydrogens is 655 g/mol. The Morgan fingerprint density at radius 1 is 0.481 bits per heavy atom. The van der Waals surface area contributed by atoms with Gasteiger partial charge in [0.1, 0.15) is 11.2 Å². The van der Waals surface area contributed by atoms with Gasteiger partial charge in [0.2, 0.25) is 0 Å². The highest BCUT2D eigenvalue weighted by Gasteiger charge is 2.17. The van der Waals surface area contributed by atoms with Gasteiger partial charge in [0, 0.05) is 33.4 Å². The number of fused-ring (bicyclic) bond motifs is 5. The molecule has 0 spiro atoms. The third-order valence-electron chi connectivity index (χ3n) is 11.0. The zero-order valence-electron chi connectivity index (χ0n) is 30.5. The zero-order valence-corrected chi connectivity index (χ0v) is 30.5. The lowest BCUT2D eigenvalue weighted by Crippen LogP contribution is -2.29. The summed E-state index contributed by atoms with van der Waals surface area (Å²) in [4.78, 5) is 2.36. The standard InChI is InChI=1S/C52H39NO/c1-34-14-29-51-49(30-34)50-32-35(2)31-48(52(50)54-51)40-21-27-45(28-22-40)53(43-23-17-37(18-24-43)42-16-15-36-8-3-4-10-41(36)33-42)44-25-19-39(20-26-44)47-13-7-11-38-9-5-6-12-46(38)47/h3-6,8-12,14-33H,7,13H2,1-2H3. The number of aryl methyl sites for hydroxylation is 2. The van der Waals surface area contributed by atoms with Gasteiger partial charge in [-0.25, -0.2) is 0 Å². The van der Waals surface area contributed by atoms with Gasteiger partial charge in [-0.15, -0.1) is 0 Å². The number of nitrogens with zero attached hydrogens (tertiary/aromatic N) is 1. The molecule has 0 radical (unpaired) electrons. The van der Waals surface area contributed by atoms with Crippen LogP contribution in [0.2, 0.25) is 0 Å². The van der Waals surface area contributed by atoms with Crippen molar-refractivity contribution in [2.45, 2.75) is 26.7 Å². The summed E-state index contributed by atoms with van der Waals surface area (Å²) in [5, 5.41) is 7.52. The second-order valence-corrected chi connectivity index (χ2v) is 14.6. The molecule has 2 heteroatoms. The molecule has 0 N–H and O–H groups in total. The first-order valence-corrected chi connectivity index (χ1v) is 18.9. The van der Waals surface area contributed by atoms with Crippen molar-refractivity contribution in [1.82, 2.24) is 0 Å². The average molecular weight is 694 g/mol. The number of hydrogen-bond acceptors (Lipinski definition) is 2. The first kappa shape index (κ1) is 32.0. The lowest BCUT2D eigenvalue weighted by atomic mass is 9.93. The summed E-state index contributed by atoms with van der Waals surface area (Å²) in [6, 6.07) is 62.0. The fraction of sp³-hybridized carbons (Fsp3) is 0.0769. The fourth-order valence-corrected chi connectivity index (χ4v) is 8.33. The summed E-state index contributed by atoms with van der Waals surface area (Å²) in [5.41, 5.74) is 15.0. The van der Waals surface area contributed by atoms with Gasteiger partial charge in [-0.3, -0.25) is 0 Å². The minimum absolute atomic E-state index is 0.925. The molecule has 258 valence electrons. The Kier molecular flexibility index (Phi) is 7.77. The Balaban J connectivity index is 1.06. The number of furan rings is 1. The maximum Gasteiger partial charge on any atom is 0.143 e. The van der Waals surface area contributed by atoms with Crippen molar-refractivity contribution < 1.29 is 4.42 Å². The molecule has 9 aromatic rings. The van der Waals surface area contributed by atoms with Crippen LogP contribution in [0.15, 0.2) is 174 Å². The average Bonchev–Trinajstić information content (AvgIpc) is 3.58. The van der Waals surface area contributed by atoms with Crippen LogP contribution in [0.4, 0.5) is 17.1 Å². The quantitative estimate of drug-likeness (QED) is 0.172. The van der Waals surface area contributed by atoms with Gasteiger partial charge < -0.3 is 9.32 Å². The van der Waals surface area contributed by atoms with E-state index in [2.05, 4.69) is 195 Å². The van der Waals surface area contributed by atoms with Crippen LogP contribution in [0.1, 0.15) is 29.5 Å². The Morgan fingerprint density at radius 3 is 1.87 bits per heavy atom. The third-order valence-corrected chi connectivity index (χ3v) is 11.0. The Morgan fingerprint density at radius 2 is 1.11 bits per heavy atom. The molecular formula is C52H39NO. The molecule has 0 saturated carbocycles. The summed E-state index contributed by atoms with van der Waals surface area (Å²) < 4.78 is 6.50. The van der Waals surface area contributed by atoms with E-state index < -0.39 is 0 Å². The molecule has 10 rings (SSSR count). The Labute approximate surface area is 315 Å². The zero-order chi connectivity index (χ0) is 36.2. The van der Waals surface area contributed by atoms with Gasteiger partial charge in [-0.2, -0.15) is 0 Å². The van der Waals surface area contributed by atoms with Gasteiger partial charge in [-0.1, -0.05) is 115 Å². The Hall–Kier alpha value is -6.64. The molecule has 0 fully saturated rings. The molecule has 1 aliphatic rings. The molecule has 0 amide bonds. The van der Waals surface area contributed by atoms with Gasteiger partial charge in [-0.05, 0) is 148 Å². The van der Waals surface area contributed by atoms with Crippen molar-refractivity contribution in [3.05, 3.63) is 197 Å². The molecule has 0 bridgehead atoms. The predicted octanol–water partition coefficient (Wildman–Crippen LogP) is 12.9. The van der Waals surface area contributed by atoms with Crippen LogP contribution in [0.25, 0.3) is 66.6 Å². The molecule has 0 atom stereocenters. The second kappa shape index (κ2) is 13.1. The van der Waals surface area contributed by atoms with E-state index in [0.29, 0.717) is 0 Å². The van der Waals surface area contributed by atoms with E-state index in [4.69, 9.17) is 4.42 Å². The van der Waals surface area contributed by atoms with Crippen molar-refractivity contribution in [2.24, 2.45) is 0 Å². The lowest BCUT2D eigenvalue weighted by Gasteiger charge is -2.26. The van der Waals surface area contributed by atoms with Crippen LogP contribution in [-0.2, 0) is 0 Å². The van der Waals surface area contributed by atoms with Crippen molar-refractivity contribution in [3.8, 4) is 22.3 Å². The molecule has 1 aliphatic carbocycles. The van der Waals surface area contributed by atoms with Crippen molar-refractivity contribution in [2.75, 3.05) is 4.90 Å². The maximum absolute atomic E-state index is 6.50. The van der Waals surface area contributed by atoms with Crippen LogP contribution in [0.3, 0.4) is 0 Å². The van der Waals surface area contributed by atoms with Crippen LogP contribution >= 0.6 is 0 Å². The highest BCUT2D eigenvalue weighted by atomic mass is 16.3. The monoisotopic (exact) mass is 693 g/mol. The van der Waals surface area contributed by atoms with Crippen molar-refractivity contribution in [3.63, 3.8) is 0 Å². The van der Waals surface area contributed by atoms with Crippen LogP contribution < -0.4 is 15.3 Å². The van der Waals surface area contributed by atoms with Gasteiger partial charge in [0.25, 0.3) is 0 Å². The minimum Gasteiger partial charge on any atom is -0.455 e. The van der Waals surface area contributed by atoms with Gasteiger partial charge >= 0.3 is 0 Å². The highest BCUT2D eigenvalue weighted by Crippen LogP contribution is 2.40. The molecule has 0 saturated heterocycles. The van der Waals surface area contributed by atoms with E-state index in [-0.39, 0.29) is 0 Å². The number of hydrogen-bond donors (Lipinski definition) is 0. The van der Waals surface area contributed by atoms with E-state index in [0.717, 1.165) is 57.6 Å². The van der Waals surface area contributed by atoms with E-state index in [1.165, 1.54) is 60.0 Å².